The first-order valence-electron chi connectivity index (χ1n) is 11.3. The number of alkyl halides is 3. The van der Waals surface area contributed by atoms with Gasteiger partial charge in [-0.2, -0.15) is 13.2 Å². The van der Waals surface area contributed by atoms with Crippen molar-refractivity contribution in [3.8, 4) is 22.3 Å². The van der Waals surface area contributed by atoms with Crippen molar-refractivity contribution < 1.29 is 37.0 Å². The number of halogens is 3. The third kappa shape index (κ3) is 6.51. The van der Waals surface area contributed by atoms with Crippen molar-refractivity contribution in [3.05, 3.63) is 88.6 Å². The Labute approximate surface area is 215 Å². The van der Waals surface area contributed by atoms with Gasteiger partial charge in [-0.25, -0.2) is 9.78 Å². The fourth-order valence-electron chi connectivity index (χ4n) is 3.65. The molecule has 0 amide bonds. The number of ether oxygens (including phenoxy) is 2. The first-order chi connectivity index (χ1) is 17.5. The van der Waals surface area contributed by atoms with E-state index in [9.17, 15) is 23.1 Å². The number of hydrogen-bond donors (Lipinski definition) is 1. The summed E-state index contributed by atoms with van der Waals surface area (Å²) in [5.41, 5.74) is -1.05. The van der Waals surface area contributed by atoms with Crippen molar-refractivity contribution >= 4 is 17.3 Å². The number of hydrogen-bond acceptors (Lipinski definition) is 6. The molecule has 2 aromatic carbocycles. The lowest BCUT2D eigenvalue weighted by Crippen LogP contribution is -2.43. The first-order valence-corrected chi connectivity index (χ1v) is 12.2. The summed E-state index contributed by atoms with van der Waals surface area (Å²) in [5, 5.41) is 11.7. The number of benzene rings is 2. The maximum atomic E-state index is 12.8. The Morgan fingerprint density at radius 2 is 1.73 bits per heavy atom. The molecule has 2 aromatic heterocycles. The maximum absolute atomic E-state index is 12.8. The van der Waals surface area contributed by atoms with Crippen molar-refractivity contribution in [2.45, 2.75) is 38.5 Å². The van der Waals surface area contributed by atoms with Gasteiger partial charge in [0.05, 0.1) is 22.7 Å². The molecule has 0 radical (unpaired) electrons. The average Bonchev–Trinajstić information content (AvgIpc) is 3.50. The van der Waals surface area contributed by atoms with E-state index in [1.54, 1.807) is 35.6 Å². The van der Waals surface area contributed by atoms with Crippen LogP contribution < -0.4 is 9.47 Å². The van der Waals surface area contributed by atoms with E-state index < -0.39 is 23.3 Å². The molecule has 0 aliphatic rings. The van der Waals surface area contributed by atoms with E-state index in [0.29, 0.717) is 30.2 Å². The number of aliphatic carboxylic acids is 1. The molecule has 0 saturated heterocycles. The van der Waals surface area contributed by atoms with Crippen LogP contribution in [0.15, 0.2) is 70.5 Å². The van der Waals surface area contributed by atoms with Crippen molar-refractivity contribution in [2.24, 2.45) is 0 Å². The molecule has 0 fully saturated rings. The van der Waals surface area contributed by atoms with Crippen molar-refractivity contribution in [2.75, 3.05) is 6.61 Å². The van der Waals surface area contributed by atoms with Crippen LogP contribution in [-0.4, -0.2) is 28.3 Å². The standard InChI is InChI=1S/C27H24F3NO5S/c1-17-22(31-24(35-17)23-4-3-15-37-23)13-14-34-20-9-5-18(6-10-20)16-26(2,25(32)33)36-21-11-7-19(8-12-21)27(28,29)30/h3-12,15H,13-14,16H2,1-2H3,(H,32,33). The van der Waals surface area contributed by atoms with E-state index >= 15 is 0 Å². The fraction of sp³-hybridized carbons (Fsp3) is 0.259. The van der Waals surface area contributed by atoms with Gasteiger partial charge in [0, 0.05) is 12.8 Å². The summed E-state index contributed by atoms with van der Waals surface area (Å²) in [6, 6.07) is 14.7. The normalized spacial score (nSPS) is 13.2. The molecule has 0 spiro atoms. The van der Waals surface area contributed by atoms with E-state index in [1.165, 1.54) is 6.92 Å². The van der Waals surface area contributed by atoms with E-state index in [2.05, 4.69) is 4.98 Å². The maximum Gasteiger partial charge on any atom is 0.416 e. The van der Waals surface area contributed by atoms with Gasteiger partial charge in [0.15, 0.2) is 0 Å². The van der Waals surface area contributed by atoms with Gasteiger partial charge in [-0.15, -0.1) is 11.3 Å². The third-order valence-corrected chi connectivity index (χ3v) is 6.53. The summed E-state index contributed by atoms with van der Waals surface area (Å²) in [6.07, 6.45) is -3.94. The molecule has 0 aliphatic carbocycles. The summed E-state index contributed by atoms with van der Waals surface area (Å²) < 4.78 is 55.5. The smallest absolute Gasteiger partial charge is 0.416 e. The average molecular weight is 532 g/mol. The number of thiophene rings is 1. The Hall–Kier alpha value is -3.79. The highest BCUT2D eigenvalue weighted by atomic mass is 32.1. The molecule has 0 saturated carbocycles. The molecule has 0 bridgehead atoms. The van der Waals surface area contributed by atoms with Gasteiger partial charge in [-0.05, 0) is 67.3 Å². The second kappa shape index (κ2) is 10.7. The highest BCUT2D eigenvalue weighted by Crippen LogP contribution is 2.32. The summed E-state index contributed by atoms with van der Waals surface area (Å²) in [6.45, 7) is 3.61. The van der Waals surface area contributed by atoms with Crippen LogP contribution in [0.4, 0.5) is 13.2 Å². The highest BCUT2D eigenvalue weighted by molar-refractivity contribution is 7.13. The van der Waals surface area contributed by atoms with Gasteiger partial charge in [-0.3, -0.25) is 0 Å². The number of carboxylic acids is 1. The molecule has 1 unspecified atom stereocenters. The Bertz CT molecular complexity index is 1330. The first kappa shape index (κ1) is 26.3. The molecule has 194 valence electrons. The van der Waals surface area contributed by atoms with Gasteiger partial charge < -0.3 is 19.0 Å². The lowest BCUT2D eigenvalue weighted by Gasteiger charge is -2.26. The zero-order valence-electron chi connectivity index (χ0n) is 20.0. The summed E-state index contributed by atoms with van der Waals surface area (Å²) >= 11 is 1.55. The van der Waals surface area contributed by atoms with Crippen molar-refractivity contribution in [3.63, 3.8) is 0 Å². The van der Waals surface area contributed by atoms with Gasteiger partial charge in [0.25, 0.3) is 0 Å². The number of nitrogens with zero attached hydrogens (tertiary/aromatic N) is 1. The van der Waals surface area contributed by atoms with Crippen LogP contribution in [0.3, 0.4) is 0 Å². The number of carbonyl (C=O) groups is 1. The van der Waals surface area contributed by atoms with Crippen LogP contribution in [0.1, 0.15) is 29.5 Å². The zero-order chi connectivity index (χ0) is 26.6. The number of oxazole rings is 1. The Kier molecular flexibility index (Phi) is 7.58. The predicted octanol–water partition coefficient (Wildman–Crippen LogP) is 6.82. The van der Waals surface area contributed by atoms with Gasteiger partial charge in [0.1, 0.15) is 17.3 Å². The molecular weight excluding hydrogens is 507 g/mol. The fourth-order valence-corrected chi connectivity index (χ4v) is 4.30. The van der Waals surface area contributed by atoms with E-state index in [1.807, 2.05) is 24.4 Å². The summed E-state index contributed by atoms with van der Waals surface area (Å²) in [7, 11) is 0. The molecule has 6 nitrogen and oxygen atoms in total. The molecule has 10 heteroatoms. The lowest BCUT2D eigenvalue weighted by molar-refractivity contribution is -0.153. The Morgan fingerprint density at radius 1 is 1.05 bits per heavy atom. The molecule has 1 atom stereocenters. The van der Waals surface area contributed by atoms with Crippen LogP contribution >= 0.6 is 11.3 Å². The quantitative estimate of drug-likeness (QED) is 0.242. The number of aromatic nitrogens is 1. The van der Waals surface area contributed by atoms with Gasteiger partial charge in [-0.1, -0.05) is 18.2 Å². The third-order valence-electron chi connectivity index (χ3n) is 5.67. The molecule has 37 heavy (non-hydrogen) atoms. The van der Waals surface area contributed by atoms with Crippen molar-refractivity contribution in [1.29, 1.82) is 0 Å². The SMILES string of the molecule is Cc1oc(-c2cccs2)nc1CCOc1ccc(CC(C)(Oc2ccc(C(F)(F)F)cc2)C(=O)O)cc1. The molecule has 0 aliphatic heterocycles. The highest BCUT2D eigenvalue weighted by Gasteiger charge is 2.36. The van der Waals surface area contributed by atoms with E-state index in [0.717, 1.165) is 40.6 Å². The monoisotopic (exact) mass is 531 g/mol. The Balaban J connectivity index is 1.34. The minimum Gasteiger partial charge on any atom is -0.493 e. The molecular formula is C27H24F3NO5S. The lowest BCUT2D eigenvalue weighted by atomic mass is 9.96. The second-order valence-electron chi connectivity index (χ2n) is 8.58. The van der Waals surface area contributed by atoms with Crippen LogP contribution in [0.2, 0.25) is 0 Å². The number of rotatable bonds is 10. The van der Waals surface area contributed by atoms with Gasteiger partial charge >= 0.3 is 12.1 Å². The Morgan fingerprint density at radius 3 is 2.32 bits per heavy atom. The molecule has 2 heterocycles. The van der Waals surface area contributed by atoms with E-state index in [4.69, 9.17) is 13.9 Å². The number of aryl methyl sites for hydroxylation is 1. The summed E-state index contributed by atoms with van der Waals surface area (Å²) in [4.78, 5) is 17.5. The minimum absolute atomic E-state index is 0.00668. The van der Waals surface area contributed by atoms with E-state index in [-0.39, 0.29) is 12.2 Å². The summed E-state index contributed by atoms with van der Waals surface area (Å²) in [5.74, 6) is 0.722. The minimum atomic E-state index is -4.49. The van der Waals surface area contributed by atoms with Crippen LogP contribution in [0.5, 0.6) is 11.5 Å². The topological polar surface area (TPSA) is 81.8 Å². The van der Waals surface area contributed by atoms with Crippen LogP contribution in [0, 0.1) is 6.92 Å². The van der Waals surface area contributed by atoms with Gasteiger partial charge in [0.2, 0.25) is 11.5 Å². The largest absolute Gasteiger partial charge is 0.493 e. The molecule has 4 aromatic rings. The molecule has 4 rings (SSSR count). The zero-order valence-corrected chi connectivity index (χ0v) is 20.9. The van der Waals surface area contributed by atoms with Crippen LogP contribution in [-0.2, 0) is 23.8 Å². The molecule has 1 N–H and O–H groups in total. The predicted molar refractivity (Wildman–Crippen MR) is 132 cm³/mol. The van der Waals surface area contributed by atoms with Crippen LogP contribution in [0.25, 0.3) is 10.8 Å². The second-order valence-corrected chi connectivity index (χ2v) is 9.53. The van der Waals surface area contributed by atoms with Crippen molar-refractivity contribution in [1.82, 2.24) is 4.98 Å². The number of carboxylic acid groups (broad SMARTS) is 1.